The highest BCUT2D eigenvalue weighted by Crippen LogP contribution is 2.44. The number of ether oxygens (including phenoxy) is 1. The SMILES string of the molecule is CC(ONC(=O)CNC(=O)CNC(=O)OCC1c2ccccc2-c2ccccc21)C(=O)O. The third-order valence-electron chi connectivity index (χ3n) is 4.88. The van der Waals surface area contributed by atoms with Crippen LogP contribution in [0.3, 0.4) is 0 Å². The van der Waals surface area contributed by atoms with Crippen molar-refractivity contribution >= 4 is 23.9 Å². The Kier molecular flexibility index (Phi) is 7.40. The first-order chi connectivity index (χ1) is 15.4. The number of amides is 3. The molecule has 0 spiro atoms. The van der Waals surface area contributed by atoms with Gasteiger partial charge in [0.15, 0.2) is 6.10 Å². The highest BCUT2D eigenvalue weighted by atomic mass is 16.7. The Morgan fingerprint density at radius 3 is 2.06 bits per heavy atom. The van der Waals surface area contributed by atoms with Crippen LogP contribution >= 0.6 is 0 Å². The van der Waals surface area contributed by atoms with Gasteiger partial charge < -0.3 is 20.5 Å². The van der Waals surface area contributed by atoms with Gasteiger partial charge in [-0.05, 0) is 29.2 Å². The second-order valence-electron chi connectivity index (χ2n) is 7.08. The van der Waals surface area contributed by atoms with Crippen LogP contribution in [0, 0.1) is 0 Å². The quantitative estimate of drug-likeness (QED) is 0.428. The Morgan fingerprint density at radius 1 is 0.906 bits per heavy atom. The monoisotopic (exact) mass is 441 g/mol. The summed E-state index contributed by atoms with van der Waals surface area (Å²) in [5, 5.41) is 13.2. The summed E-state index contributed by atoms with van der Waals surface area (Å²) in [7, 11) is 0. The van der Waals surface area contributed by atoms with Crippen LogP contribution in [-0.2, 0) is 24.0 Å². The Balaban J connectivity index is 1.41. The highest BCUT2D eigenvalue weighted by Gasteiger charge is 2.29. The molecule has 0 radical (unpaired) electrons. The predicted molar refractivity (Wildman–Crippen MR) is 112 cm³/mol. The molecule has 4 N–H and O–H groups in total. The minimum absolute atomic E-state index is 0.0983. The molecule has 10 heteroatoms. The number of carbonyl (C=O) groups excluding carboxylic acids is 3. The lowest BCUT2D eigenvalue weighted by molar-refractivity contribution is -0.158. The number of carbonyl (C=O) groups is 4. The molecule has 10 nitrogen and oxygen atoms in total. The van der Waals surface area contributed by atoms with Crippen molar-refractivity contribution in [3.8, 4) is 11.1 Å². The van der Waals surface area contributed by atoms with Crippen LogP contribution in [0.25, 0.3) is 11.1 Å². The fraction of sp³-hybridized carbons (Fsp3) is 0.273. The first-order valence-electron chi connectivity index (χ1n) is 9.89. The van der Waals surface area contributed by atoms with E-state index in [9.17, 15) is 19.2 Å². The third-order valence-corrected chi connectivity index (χ3v) is 4.88. The van der Waals surface area contributed by atoms with E-state index in [-0.39, 0.29) is 12.5 Å². The third kappa shape index (κ3) is 5.61. The van der Waals surface area contributed by atoms with E-state index in [4.69, 9.17) is 9.84 Å². The Morgan fingerprint density at radius 2 is 1.47 bits per heavy atom. The first kappa shape index (κ1) is 22.8. The number of alkyl carbamates (subject to hydrolysis) is 1. The van der Waals surface area contributed by atoms with E-state index >= 15 is 0 Å². The number of carboxylic acids is 1. The van der Waals surface area contributed by atoms with Crippen LogP contribution in [0.5, 0.6) is 0 Å². The largest absolute Gasteiger partial charge is 0.479 e. The molecule has 1 unspecified atom stereocenters. The maximum atomic E-state index is 12.0. The van der Waals surface area contributed by atoms with Crippen LogP contribution < -0.4 is 16.1 Å². The lowest BCUT2D eigenvalue weighted by Gasteiger charge is -2.14. The van der Waals surface area contributed by atoms with E-state index in [0.717, 1.165) is 22.3 Å². The van der Waals surface area contributed by atoms with Crippen molar-refractivity contribution in [2.45, 2.75) is 18.9 Å². The summed E-state index contributed by atoms with van der Waals surface area (Å²) in [4.78, 5) is 50.5. The van der Waals surface area contributed by atoms with Crippen molar-refractivity contribution in [1.29, 1.82) is 0 Å². The normalized spacial score (nSPS) is 12.8. The summed E-state index contributed by atoms with van der Waals surface area (Å²) in [6.45, 7) is 0.510. The van der Waals surface area contributed by atoms with Crippen LogP contribution in [0.15, 0.2) is 48.5 Å². The number of benzene rings is 2. The van der Waals surface area contributed by atoms with Crippen molar-refractivity contribution in [3.05, 3.63) is 59.7 Å². The zero-order valence-corrected chi connectivity index (χ0v) is 17.3. The molecule has 2 aromatic carbocycles. The standard InChI is InChI=1S/C22H23N3O7/c1-13(21(28)29)32-25-20(27)11-23-19(26)10-24-22(30)31-12-18-16-8-4-2-6-14(16)15-7-3-5-9-17(15)18/h2-9,13,18H,10-12H2,1H3,(H,23,26)(H,24,30)(H,25,27)(H,28,29). The van der Waals surface area contributed by atoms with Gasteiger partial charge in [0.05, 0.1) is 6.54 Å². The molecule has 0 aromatic heterocycles. The van der Waals surface area contributed by atoms with E-state index in [1.807, 2.05) is 54.0 Å². The topological polar surface area (TPSA) is 143 Å². The Labute approximate surface area is 183 Å². The summed E-state index contributed by atoms with van der Waals surface area (Å²) >= 11 is 0. The molecule has 3 rings (SSSR count). The molecule has 0 fully saturated rings. The van der Waals surface area contributed by atoms with E-state index in [1.165, 1.54) is 6.92 Å². The predicted octanol–water partition coefficient (Wildman–Crippen LogP) is 1.16. The number of carboxylic acid groups (broad SMARTS) is 1. The minimum Gasteiger partial charge on any atom is -0.479 e. The number of aliphatic carboxylic acids is 1. The highest BCUT2D eigenvalue weighted by molar-refractivity contribution is 5.87. The van der Waals surface area contributed by atoms with Gasteiger partial charge in [-0.1, -0.05) is 48.5 Å². The number of hydrogen-bond acceptors (Lipinski definition) is 6. The molecule has 3 amide bonds. The zero-order valence-electron chi connectivity index (χ0n) is 17.3. The fourth-order valence-corrected chi connectivity index (χ4v) is 3.28. The number of hydroxylamine groups is 1. The number of hydrogen-bond donors (Lipinski definition) is 4. The van der Waals surface area contributed by atoms with E-state index in [2.05, 4.69) is 15.5 Å². The second-order valence-corrected chi connectivity index (χ2v) is 7.08. The van der Waals surface area contributed by atoms with Gasteiger partial charge in [0.2, 0.25) is 5.91 Å². The zero-order chi connectivity index (χ0) is 23.1. The summed E-state index contributed by atoms with van der Waals surface area (Å²) in [6.07, 6.45) is -1.99. The van der Waals surface area contributed by atoms with E-state index in [1.54, 1.807) is 0 Å². The average Bonchev–Trinajstić information content (AvgIpc) is 3.12. The molecule has 0 saturated carbocycles. The molecule has 0 heterocycles. The fourth-order valence-electron chi connectivity index (χ4n) is 3.28. The molecule has 2 aromatic rings. The van der Waals surface area contributed by atoms with Crippen molar-refractivity contribution in [3.63, 3.8) is 0 Å². The van der Waals surface area contributed by atoms with Crippen LogP contribution in [0.4, 0.5) is 4.79 Å². The molecule has 1 atom stereocenters. The molecule has 0 aliphatic heterocycles. The molecule has 1 aliphatic rings. The van der Waals surface area contributed by atoms with Gasteiger partial charge >= 0.3 is 12.1 Å². The number of fused-ring (bicyclic) bond motifs is 3. The maximum absolute atomic E-state index is 12.0. The smallest absolute Gasteiger partial charge is 0.407 e. The van der Waals surface area contributed by atoms with Crippen molar-refractivity contribution in [1.82, 2.24) is 16.1 Å². The average molecular weight is 441 g/mol. The van der Waals surface area contributed by atoms with Crippen molar-refractivity contribution in [2.75, 3.05) is 19.7 Å². The molecule has 32 heavy (non-hydrogen) atoms. The van der Waals surface area contributed by atoms with E-state index < -0.39 is 43.1 Å². The van der Waals surface area contributed by atoms with Gasteiger partial charge in [-0.2, -0.15) is 0 Å². The van der Waals surface area contributed by atoms with Gasteiger partial charge in [0, 0.05) is 5.92 Å². The van der Waals surface area contributed by atoms with Crippen LogP contribution in [0.1, 0.15) is 24.0 Å². The second kappa shape index (κ2) is 10.4. The molecule has 168 valence electrons. The summed E-state index contributed by atoms with van der Waals surface area (Å²) in [6, 6.07) is 15.9. The molecule has 0 saturated heterocycles. The summed E-state index contributed by atoms with van der Waals surface area (Å²) < 4.78 is 5.32. The Bertz CT molecular complexity index is 979. The lowest BCUT2D eigenvalue weighted by Crippen LogP contribution is -2.43. The van der Waals surface area contributed by atoms with Crippen LogP contribution in [-0.4, -0.2) is 54.8 Å². The molecule has 0 bridgehead atoms. The van der Waals surface area contributed by atoms with E-state index in [0.29, 0.717) is 0 Å². The minimum atomic E-state index is -1.25. The lowest BCUT2D eigenvalue weighted by atomic mass is 9.98. The molecular formula is C22H23N3O7. The summed E-state index contributed by atoms with van der Waals surface area (Å²) in [5.74, 6) is -2.71. The van der Waals surface area contributed by atoms with Gasteiger partial charge in [-0.15, -0.1) is 0 Å². The van der Waals surface area contributed by atoms with Gasteiger partial charge in [0.1, 0.15) is 13.2 Å². The first-order valence-corrected chi connectivity index (χ1v) is 9.89. The van der Waals surface area contributed by atoms with Crippen molar-refractivity contribution in [2.24, 2.45) is 0 Å². The van der Waals surface area contributed by atoms with Crippen molar-refractivity contribution < 1.29 is 33.9 Å². The van der Waals surface area contributed by atoms with Gasteiger partial charge in [-0.3, -0.25) is 14.4 Å². The van der Waals surface area contributed by atoms with Crippen LogP contribution in [0.2, 0.25) is 0 Å². The molecule has 1 aliphatic carbocycles. The number of rotatable bonds is 9. The maximum Gasteiger partial charge on any atom is 0.407 e. The molecular weight excluding hydrogens is 418 g/mol. The van der Waals surface area contributed by atoms with Gasteiger partial charge in [0.25, 0.3) is 5.91 Å². The summed E-state index contributed by atoms with van der Waals surface area (Å²) in [5.41, 5.74) is 6.27. The number of nitrogens with one attached hydrogen (secondary N) is 3. The van der Waals surface area contributed by atoms with Gasteiger partial charge in [-0.25, -0.2) is 15.1 Å². The Hall–Kier alpha value is -3.92.